The molecule has 3 aromatic rings. The van der Waals surface area contributed by atoms with Crippen LogP contribution in [0.15, 0.2) is 16.7 Å². The summed E-state index contributed by atoms with van der Waals surface area (Å²) in [7, 11) is 0. The molecule has 4 rings (SSSR count). The first-order valence-electron chi connectivity index (χ1n) is 13.0. The Morgan fingerprint density at radius 2 is 0.648 bits per heavy atom. The van der Waals surface area contributed by atoms with Crippen molar-refractivity contribution in [1.29, 1.82) is 26.3 Å². The van der Waals surface area contributed by atoms with E-state index >= 15 is 17.6 Å². The topological polar surface area (TPSA) is 145 Å². The maximum atomic E-state index is 15.1. The van der Waals surface area contributed by atoms with Crippen LogP contribution in [0.3, 0.4) is 0 Å². The second kappa shape index (κ2) is 13.2. The summed E-state index contributed by atoms with van der Waals surface area (Å²) in [5.41, 5.74) is -30.1. The first kappa shape index (κ1) is 39.8. The predicted octanol–water partition coefficient (Wildman–Crippen LogP) is 8.63. The van der Waals surface area contributed by atoms with Crippen LogP contribution in [-0.2, 0) is 18.5 Å². The van der Waals surface area contributed by atoms with E-state index < -0.39 is 144 Å². The van der Waals surface area contributed by atoms with E-state index in [1.165, 1.54) is 0 Å². The Hall–Kier alpha value is -7.00. The molecule has 274 valence electrons. The van der Waals surface area contributed by atoms with E-state index in [1.54, 1.807) is 0 Å². The zero-order valence-corrected chi connectivity index (χ0v) is 24.6. The molecule has 1 aliphatic rings. The number of halogens is 17. The largest absolute Gasteiger partial charge is 0.451 e. The van der Waals surface area contributed by atoms with Gasteiger partial charge in [0.2, 0.25) is 5.82 Å². The molecule has 54 heavy (non-hydrogen) atoms. The van der Waals surface area contributed by atoms with E-state index in [0.29, 0.717) is 18.2 Å². The minimum atomic E-state index is -6.45. The van der Waals surface area contributed by atoms with Crippen molar-refractivity contribution in [2.75, 3.05) is 0 Å². The number of hydrogen-bond donors (Lipinski definition) is 0. The van der Waals surface area contributed by atoms with Crippen LogP contribution in [0.1, 0.15) is 45.0 Å². The lowest BCUT2D eigenvalue weighted by Gasteiger charge is -2.18. The van der Waals surface area contributed by atoms with Gasteiger partial charge < -0.3 is 0 Å². The maximum Gasteiger partial charge on any atom is 0.451 e. The van der Waals surface area contributed by atoms with Gasteiger partial charge in [0.1, 0.15) is 41.5 Å². The highest BCUT2D eigenvalue weighted by Crippen LogP contribution is 2.58. The molecule has 0 bridgehead atoms. The van der Waals surface area contributed by atoms with Gasteiger partial charge in [-0.25, -0.2) is 45.1 Å². The van der Waals surface area contributed by atoms with E-state index in [4.69, 9.17) is 10.5 Å². The van der Waals surface area contributed by atoms with Gasteiger partial charge in [-0.05, 0) is 0 Å². The number of allylic oxidation sites excluding steroid dienone is 6. The monoisotopic (exact) mass is 781 g/mol. The number of nitrogens with zero attached hydrogens (tertiary/aromatic N) is 7. The molecule has 0 amide bonds. The molecule has 24 heteroatoms. The van der Waals surface area contributed by atoms with Crippen molar-refractivity contribution in [3.63, 3.8) is 0 Å². The zero-order valence-electron chi connectivity index (χ0n) is 24.6. The highest BCUT2D eigenvalue weighted by Gasteiger charge is 2.52. The molecule has 0 radical (unpaired) electrons. The molecule has 7 nitrogen and oxygen atoms in total. The lowest BCUT2D eigenvalue weighted by molar-refractivity contribution is -0.159. The zero-order chi connectivity index (χ0) is 41.2. The number of benzene rings is 2. The second-order valence-electron chi connectivity index (χ2n) is 9.93. The standard InChI is InChI=1S/C30F17N7/c31-17-9(4-51)18(32)22(36)14(21(17)35)6(1-48)11-12(7(2-49)15-23(37)19(33)10(5-52)20(34)24(15)38)13(11)8(3-50)16-25(28(39,40)41)53-27(30(45,46)47)54-26(16)29(42,43)44/b11-6-,12-7+,13-8?. The second-order valence-corrected chi connectivity index (χ2v) is 9.93. The van der Waals surface area contributed by atoms with Crippen LogP contribution >= 0.6 is 0 Å². The fourth-order valence-corrected chi connectivity index (χ4v) is 4.78. The highest BCUT2D eigenvalue weighted by atomic mass is 19.4. The van der Waals surface area contributed by atoms with Crippen molar-refractivity contribution in [3.05, 3.63) is 108 Å². The van der Waals surface area contributed by atoms with Crippen molar-refractivity contribution >= 4 is 16.7 Å². The van der Waals surface area contributed by atoms with Crippen LogP contribution in [-0.4, -0.2) is 9.97 Å². The molecule has 0 atom stereocenters. The number of hydrogen-bond acceptors (Lipinski definition) is 7. The summed E-state index contributed by atoms with van der Waals surface area (Å²) >= 11 is 0. The number of rotatable bonds is 3. The molecule has 1 fully saturated rings. The SMILES string of the molecule is N#CC(=C1C(=C(/C#N)c2c(F)c(F)c(C#N)c(F)c2F)/C1=C(/C#N)c1c(F)c(F)c(C#N)c(F)c1F)c1c(C(F)(F)F)nc(C(F)(F)F)nc1C(F)(F)F. The van der Waals surface area contributed by atoms with E-state index in [-0.39, 0.29) is 0 Å². The van der Waals surface area contributed by atoms with E-state index in [9.17, 15) is 72.9 Å². The Bertz CT molecular complexity index is 2330. The van der Waals surface area contributed by atoms with E-state index in [0.717, 1.165) is 12.1 Å². The van der Waals surface area contributed by atoms with Crippen molar-refractivity contribution < 1.29 is 74.6 Å². The molecule has 0 spiro atoms. The molecular formula is C30F17N7. The van der Waals surface area contributed by atoms with Crippen molar-refractivity contribution in [1.82, 2.24) is 9.97 Å². The Kier molecular flexibility index (Phi) is 9.73. The third-order valence-corrected chi connectivity index (χ3v) is 6.97. The lowest BCUT2D eigenvalue weighted by Crippen LogP contribution is -2.25. The third kappa shape index (κ3) is 6.15. The Morgan fingerprint density at radius 3 is 0.852 bits per heavy atom. The van der Waals surface area contributed by atoms with Crippen molar-refractivity contribution in [2.24, 2.45) is 0 Å². The van der Waals surface area contributed by atoms with Crippen LogP contribution in [0.4, 0.5) is 74.6 Å². The fourth-order valence-electron chi connectivity index (χ4n) is 4.78. The first-order chi connectivity index (χ1) is 24.9. The van der Waals surface area contributed by atoms with Crippen molar-refractivity contribution in [2.45, 2.75) is 18.5 Å². The van der Waals surface area contributed by atoms with Gasteiger partial charge in [-0.2, -0.15) is 65.8 Å². The molecule has 1 heterocycles. The quantitative estimate of drug-likeness (QED) is 0.147. The van der Waals surface area contributed by atoms with Gasteiger partial charge in [0.05, 0.1) is 33.4 Å². The molecule has 0 unspecified atom stereocenters. The van der Waals surface area contributed by atoms with Crippen LogP contribution in [0.25, 0.3) is 16.7 Å². The normalized spacial score (nSPS) is 15.7. The van der Waals surface area contributed by atoms with E-state index in [2.05, 4.69) is 0 Å². The predicted molar refractivity (Wildman–Crippen MR) is 137 cm³/mol. The van der Waals surface area contributed by atoms with Crippen LogP contribution in [0.2, 0.25) is 0 Å². The Labute approximate surface area is 285 Å². The van der Waals surface area contributed by atoms with Crippen molar-refractivity contribution in [3.8, 4) is 30.3 Å². The number of nitriles is 5. The number of aromatic nitrogens is 2. The summed E-state index contributed by atoms with van der Waals surface area (Å²) in [6.45, 7) is 0. The highest BCUT2D eigenvalue weighted by molar-refractivity contribution is 6.12. The summed E-state index contributed by atoms with van der Waals surface area (Å²) < 4.78 is 244. The number of alkyl halides is 9. The molecular weight excluding hydrogens is 781 g/mol. The van der Waals surface area contributed by atoms with Crippen LogP contribution < -0.4 is 0 Å². The Morgan fingerprint density at radius 1 is 0.389 bits per heavy atom. The van der Waals surface area contributed by atoms with Gasteiger partial charge >= 0.3 is 18.5 Å². The summed E-state index contributed by atoms with van der Waals surface area (Å²) in [4.78, 5) is 4.00. The van der Waals surface area contributed by atoms with Gasteiger partial charge in [-0.1, -0.05) is 0 Å². The fraction of sp³-hybridized carbons (Fsp3) is 0.100. The van der Waals surface area contributed by atoms with Gasteiger partial charge in [-0.3, -0.25) is 0 Å². The molecule has 1 aliphatic carbocycles. The summed E-state index contributed by atoms with van der Waals surface area (Å²) in [5, 5.41) is 47.2. The molecule has 2 aromatic carbocycles. The van der Waals surface area contributed by atoms with Crippen LogP contribution in [0.5, 0.6) is 0 Å². The van der Waals surface area contributed by atoms with Gasteiger partial charge in [-0.15, -0.1) is 0 Å². The molecule has 0 saturated heterocycles. The van der Waals surface area contributed by atoms with Gasteiger partial charge in [0.25, 0.3) is 0 Å². The summed E-state index contributed by atoms with van der Waals surface area (Å²) in [6, 6.07) is 3.43. The average Bonchev–Trinajstić information content (AvgIpc) is 3.79. The molecule has 1 aromatic heterocycles. The minimum absolute atomic E-state index is 0.599. The minimum Gasteiger partial charge on any atom is -0.219 e. The van der Waals surface area contributed by atoms with Gasteiger partial charge in [0.15, 0.2) is 57.9 Å². The van der Waals surface area contributed by atoms with Crippen LogP contribution in [0, 0.1) is 103 Å². The molecule has 0 N–H and O–H groups in total. The molecule has 1 saturated carbocycles. The Balaban J connectivity index is 2.46. The maximum absolute atomic E-state index is 15.1. The first-order valence-corrected chi connectivity index (χ1v) is 13.0. The summed E-state index contributed by atoms with van der Waals surface area (Å²) in [5.74, 6) is -24.6. The third-order valence-electron chi connectivity index (χ3n) is 6.97. The average molecular weight is 781 g/mol. The van der Waals surface area contributed by atoms with Gasteiger partial charge in [0, 0.05) is 16.7 Å². The van der Waals surface area contributed by atoms with E-state index in [1.807, 2.05) is 9.97 Å². The molecule has 0 aliphatic heterocycles. The lowest BCUT2D eigenvalue weighted by atomic mass is 9.98. The summed E-state index contributed by atoms with van der Waals surface area (Å²) in [6.07, 6.45) is -19.1. The smallest absolute Gasteiger partial charge is 0.219 e.